The Labute approximate surface area is 93.5 Å². The normalized spacial score (nSPS) is 15.1. The summed E-state index contributed by atoms with van der Waals surface area (Å²) in [5.74, 6) is 0. The van der Waals surface area contributed by atoms with Crippen LogP contribution >= 0.6 is 15.9 Å². The zero-order valence-electron chi connectivity index (χ0n) is 8.50. The van der Waals surface area contributed by atoms with E-state index < -0.39 is 0 Å². The average Bonchev–Trinajstić information content (AvgIpc) is 2.17. The summed E-state index contributed by atoms with van der Waals surface area (Å²) >= 11 is 3.44. The average molecular weight is 258 g/mol. The molecule has 0 spiro atoms. The summed E-state index contributed by atoms with van der Waals surface area (Å²) in [6.45, 7) is 4.22. The third-order valence-corrected chi connectivity index (χ3v) is 2.65. The van der Waals surface area contributed by atoms with Crippen molar-refractivity contribution in [2.24, 2.45) is 0 Å². The molecule has 2 N–H and O–H groups in total. The van der Waals surface area contributed by atoms with Gasteiger partial charge in [0.25, 0.3) is 0 Å². The van der Waals surface area contributed by atoms with Gasteiger partial charge in [-0.25, -0.2) is 0 Å². The quantitative estimate of drug-likeness (QED) is 0.869. The summed E-state index contributed by atoms with van der Waals surface area (Å²) in [4.78, 5) is 0. The van der Waals surface area contributed by atoms with Crippen molar-refractivity contribution >= 4 is 15.9 Å². The van der Waals surface area contributed by atoms with Gasteiger partial charge in [0.15, 0.2) is 0 Å². The number of hydrogen-bond acceptors (Lipinski definition) is 2. The Morgan fingerprint density at radius 3 is 2.71 bits per heavy atom. The zero-order chi connectivity index (χ0) is 10.6. The molecule has 14 heavy (non-hydrogen) atoms. The summed E-state index contributed by atoms with van der Waals surface area (Å²) in [7, 11) is 0. The topological polar surface area (TPSA) is 32.3 Å². The maximum absolute atomic E-state index is 8.91. The third-order valence-electron chi connectivity index (χ3n) is 2.16. The van der Waals surface area contributed by atoms with Gasteiger partial charge in [0, 0.05) is 16.6 Å². The van der Waals surface area contributed by atoms with E-state index in [1.807, 2.05) is 19.1 Å². The predicted octanol–water partition coefficient (Wildman–Crippen LogP) is 2.48. The summed E-state index contributed by atoms with van der Waals surface area (Å²) < 4.78 is 1.08. The second kappa shape index (κ2) is 5.49. The molecule has 1 aromatic carbocycles. The van der Waals surface area contributed by atoms with E-state index in [9.17, 15) is 0 Å². The summed E-state index contributed by atoms with van der Waals surface area (Å²) in [5, 5.41) is 12.2. The third kappa shape index (κ3) is 3.40. The molecule has 3 heteroatoms. The molecular weight excluding hydrogens is 242 g/mol. The van der Waals surface area contributed by atoms with Crippen molar-refractivity contribution in [2.45, 2.75) is 25.9 Å². The maximum atomic E-state index is 8.91. The van der Waals surface area contributed by atoms with E-state index in [2.05, 4.69) is 40.3 Å². The van der Waals surface area contributed by atoms with Crippen molar-refractivity contribution < 1.29 is 5.11 Å². The number of aliphatic hydroxyl groups is 1. The molecule has 2 atom stereocenters. The molecule has 0 saturated heterocycles. The van der Waals surface area contributed by atoms with Crippen LogP contribution in [0.15, 0.2) is 28.7 Å². The molecule has 78 valence electrons. The van der Waals surface area contributed by atoms with Crippen molar-refractivity contribution in [3.63, 3.8) is 0 Å². The van der Waals surface area contributed by atoms with E-state index in [4.69, 9.17) is 5.11 Å². The smallest absolute Gasteiger partial charge is 0.0582 e. The molecule has 0 heterocycles. The van der Waals surface area contributed by atoms with Gasteiger partial charge in [0.1, 0.15) is 0 Å². The van der Waals surface area contributed by atoms with Crippen LogP contribution in [0.1, 0.15) is 25.5 Å². The van der Waals surface area contributed by atoms with Crippen molar-refractivity contribution in [3.8, 4) is 0 Å². The molecule has 0 amide bonds. The summed E-state index contributed by atoms with van der Waals surface area (Å²) in [6.07, 6.45) is 0. The maximum Gasteiger partial charge on any atom is 0.0582 e. The van der Waals surface area contributed by atoms with Crippen LogP contribution in [0.2, 0.25) is 0 Å². The Bertz CT molecular complexity index is 290. The number of hydrogen-bond donors (Lipinski definition) is 2. The molecule has 0 aliphatic rings. The minimum absolute atomic E-state index is 0.129. The van der Waals surface area contributed by atoms with Crippen LogP contribution in [-0.4, -0.2) is 17.8 Å². The van der Waals surface area contributed by atoms with Crippen LogP contribution in [0.4, 0.5) is 0 Å². The minimum Gasteiger partial charge on any atom is -0.395 e. The van der Waals surface area contributed by atoms with E-state index in [1.54, 1.807) is 0 Å². The van der Waals surface area contributed by atoms with Crippen LogP contribution in [0.3, 0.4) is 0 Å². The Morgan fingerprint density at radius 2 is 2.14 bits per heavy atom. The van der Waals surface area contributed by atoms with Crippen LogP contribution < -0.4 is 5.32 Å². The summed E-state index contributed by atoms with van der Waals surface area (Å²) in [6, 6.07) is 8.57. The Morgan fingerprint density at radius 1 is 1.43 bits per heavy atom. The number of aliphatic hydroxyl groups excluding tert-OH is 1. The Kier molecular flexibility index (Phi) is 4.58. The molecule has 0 aromatic heterocycles. The highest BCUT2D eigenvalue weighted by Gasteiger charge is 2.08. The van der Waals surface area contributed by atoms with Gasteiger partial charge in [-0.3, -0.25) is 0 Å². The lowest BCUT2D eigenvalue weighted by Crippen LogP contribution is -2.31. The van der Waals surface area contributed by atoms with E-state index >= 15 is 0 Å². The molecule has 1 unspecified atom stereocenters. The molecule has 1 rings (SSSR count). The lowest BCUT2D eigenvalue weighted by atomic mass is 10.1. The molecule has 1 aromatic rings. The van der Waals surface area contributed by atoms with Gasteiger partial charge in [-0.05, 0) is 31.5 Å². The van der Waals surface area contributed by atoms with Gasteiger partial charge in [-0.2, -0.15) is 0 Å². The molecule has 0 aliphatic carbocycles. The van der Waals surface area contributed by atoms with Crippen LogP contribution in [0, 0.1) is 0 Å². The van der Waals surface area contributed by atoms with Gasteiger partial charge in [0.05, 0.1) is 6.61 Å². The Hall–Kier alpha value is -0.380. The first kappa shape index (κ1) is 11.7. The molecule has 0 saturated carbocycles. The fourth-order valence-electron chi connectivity index (χ4n) is 1.35. The highest BCUT2D eigenvalue weighted by Crippen LogP contribution is 2.17. The van der Waals surface area contributed by atoms with E-state index in [1.165, 1.54) is 5.56 Å². The van der Waals surface area contributed by atoms with Crippen molar-refractivity contribution in [3.05, 3.63) is 34.3 Å². The molecule has 0 radical (unpaired) electrons. The fraction of sp³-hybridized carbons (Fsp3) is 0.455. The van der Waals surface area contributed by atoms with E-state index in [0.29, 0.717) is 0 Å². The molecule has 0 fully saturated rings. The van der Waals surface area contributed by atoms with Gasteiger partial charge < -0.3 is 10.4 Å². The highest BCUT2D eigenvalue weighted by atomic mass is 79.9. The lowest BCUT2D eigenvalue weighted by Gasteiger charge is -2.18. The van der Waals surface area contributed by atoms with Gasteiger partial charge in [-0.15, -0.1) is 0 Å². The minimum atomic E-state index is 0.129. The Balaban J connectivity index is 2.64. The fourth-order valence-corrected chi connectivity index (χ4v) is 1.77. The number of halogens is 1. The van der Waals surface area contributed by atoms with Crippen LogP contribution in [0.25, 0.3) is 0 Å². The van der Waals surface area contributed by atoms with Crippen molar-refractivity contribution in [1.82, 2.24) is 5.32 Å². The summed E-state index contributed by atoms with van der Waals surface area (Å²) in [5.41, 5.74) is 1.22. The van der Waals surface area contributed by atoms with Gasteiger partial charge in [-0.1, -0.05) is 28.1 Å². The number of nitrogens with one attached hydrogen (secondary N) is 1. The van der Waals surface area contributed by atoms with Crippen molar-refractivity contribution in [1.29, 1.82) is 0 Å². The predicted molar refractivity (Wildman–Crippen MR) is 62.2 cm³/mol. The van der Waals surface area contributed by atoms with E-state index in [0.717, 1.165) is 4.47 Å². The number of benzene rings is 1. The zero-order valence-corrected chi connectivity index (χ0v) is 10.1. The second-order valence-corrected chi connectivity index (χ2v) is 4.44. The largest absolute Gasteiger partial charge is 0.395 e. The number of rotatable bonds is 4. The van der Waals surface area contributed by atoms with E-state index in [-0.39, 0.29) is 18.7 Å². The SMILES string of the molecule is CC(N[C@@H](C)CO)c1cccc(Br)c1. The monoisotopic (exact) mass is 257 g/mol. The standard InChI is InChI=1S/C11H16BrNO/c1-8(7-14)13-9(2)10-4-3-5-11(12)6-10/h3-6,8-9,13-14H,7H2,1-2H3/t8-,9?/m0/s1. The molecular formula is C11H16BrNO. The first-order valence-electron chi connectivity index (χ1n) is 4.76. The molecule has 2 nitrogen and oxygen atoms in total. The van der Waals surface area contributed by atoms with Gasteiger partial charge in [0.2, 0.25) is 0 Å². The van der Waals surface area contributed by atoms with Crippen LogP contribution in [0.5, 0.6) is 0 Å². The first-order chi connectivity index (χ1) is 6.63. The van der Waals surface area contributed by atoms with Gasteiger partial charge >= 0.3 is 0 Å². The first-order valence-corrected chi connectivity index (χ1v) is 5.55. The molecule has 0 aliphatic heterocycles. The highest BCUT2D eigenvalue weighted by molar-refractivity contribution is 9.10. The van der Waals surface area contributed by atoms with Crippen molar-refractivity contribution in [2.75, 3.05) is 6.61 Å². The second-order valence-electron chi connectivity index (χ2n) is 3.53. The lowest BCUT2D eigenvalue weighted by molar-refractivity contribution is 0.243. The van der Waals surface area contributed by atoms with Crippen LogP contribution in [-0.2, 0) is 0 Å². The molecule has 0 bridgehead atoms.